The monoisotopic (exact) mass is 444 g/mol. The van der Waals surface area contributed by atoms with Crippen LogP contribution in [0.25, 0.3) is 0 Å². The topological polar surface area (TPSA) is 83.8 Å². The first-order chi connectivity index (χ1) is 15.4. The quantitative estimate of drug-likeness (QED) is 0.340. The Morgan fingerprint density at radius 1 is 1.22 bits per heavy atom. The molecule has 178 valence electrons. The van der Waals surface area contributed by atoms with Crippen molar-refractivity contribution in [1.82, 2.24) is 0 Å². The summed E-state index contributed by atoms with van der Waals surface area (Å²) < 4.78 is 4.67. The van der Waals surface area contributed by atoms with E-state index in [9.17, 15) is 19.8 Å². The maximum absolute atomic E-state index is 12.7. The number of unbranched alkanes of at least 4 members (excludes halogenated alkanes) is 3. The minimum atomic E-state index is -0.660. The summed E-state index contributed by atoms with van der Waals surface area (Å²) in [5.74, 6) is -0.409. The number of carbonyl (C=O) groups excluding carboxylic acids is 2. The Kier molecular flexibility index (Phi) is 8.89. The summed E-state index contributed by atoms with van der Waals surface area (Å²) in [5, 5.41) is 21.9. The van der Waals surface area contributed by atoms with Crippen molar-refractivity contribution >= 4 is 11.8 Å². The lowest BCUT2D eigenvalue weighted by Gasteiger charge is -2.46. The molecule has 0 aromatic heterocycles. The van der Waals surface area contributed by atoms with Gasteiger partial charge in [-0.3, -0.25) is 9.59 Å². The van der Waals surface area contributed by atoms with Crippen LogP contribution in [0.1, 0.15) is 107 Å². The zero-order valence-corrected chi connectivity index (χ0v) is 19.7. The van der Waals surface area contributed by atoms with E-state index in [-0.39, 0.29) is 35.4 Å². The fraction of sp³-hybridized carbons (Fsp3) is 0.704. The largest absolute Gasteiger partial charge is 0.469 e. The Morgan fingerprint density at radius 2 is 1.97 bits per heavy atom. The number of ketones is 1. The predicted molar refractivity (Wildman–Crippen MR) is 124 cm³/mol. The molecule has 0 heterocycles. The zero-order chi connectivity index (χ0) is 23.1. The van der Waals surface area contributed by atoms with Crippen LogP contribution in [0.3, 0.4) is 0 Å². The number of benzene rings is 1. The Labute approximate surface area is 192 Å². The highest BCUT2D eigenvalue weighted by atomic mass is 16.5. The summed E-state index contributed by atoms with van der Waals surface area (Å²) in [6, 6.07) is 7.99. The number of esters is 1. The van der Waals surface area contributed by atoms with Gasteiger partial charge in [-0.1, -0.05) is 63.3 Å². The van der Waals surface area contributed by atoms with E-state index >= 15 is 0 Å². The maximum atomic E-state index is 12.7. The van der Waals surface area contributed by atoms with Crippen LogP contribution in [0.4, 0.5) is 0 Å². The van der Waals surface area contributed by atoms with Gasteiger partial charge in [0.1, 0.15) is 5.78 Å². The average molecular weight is 445 g/mol. The van der Waals surface area contributed by atoms with Gasteiger partial charge < -0.3 is 14.9 Å². The molecule has 4 atom stereocenters. The van der Waals surface area contributed by atoms with Crippen molar-refractivity contribution in [2.24, 2.45) is 11.3 Å². The van der Waals surface area contributed by atoms with Crippen LogP contribution in [0.5, 0.6) is 0 Å². The van der Waals surface area contributed by atoms with E-state index in [1.807, 2.05) is 24.3 Å². The third-order valence-electron chi connectivity index (χ3n) is 7.83. The Balaban J connectivity index is 1.64. The molecule has 32 heavy (non-hydrogen) atoms. The van der Waals surface area contributed by atoms with Gasteiger partial charge in [0.15, 0.2) is 0 Å². The van der Waals surface area contributed by atoms with Crippen molar-refractivity contribution < 1.29 is 24.5 Å². The fourth-order valence-corrected chi connectivity index (χ4v) is 5.92. The van der Waals surface area contributed by atoms with Crippen LogP contribution in [0.2, 0.25) is 0 Å². The third kappa shape index (κ3) is 5.60. The molecule has 1 aromatic carbocycles. The molecule has 0 spiro atoms. The second-order valence-corrected chi connectivity index (χ2v) is 9.94. The van der Waals surface area contributed by atoms with E-state index < -0.39 is 12.2 Å². The molecule has 0 radical (unpaired) electrons. The SMILES string of the molecule is CCCC1(C(O)c2cccc([C@H]3[C@H](O)CC(=O)[C@@H]3CCCCCCC(=O)OC)c2)CCC1. The molecule has 2 saturated carbocycles. The van der Waals surface area contributed by atoms with Gasteiger partial charge in [0.05, 0.1) is 19.3 Å². The van der Waals surface area contributed by atoms with Gasteiger partial charge in [-0.15, -0.1) is 0 Å². The first kappa shape index (κ1) is 24.9. The minimum absolute atomic E-state index is 0.0128. The molecule has 0 bridgehead atoms. The summed E-state index contributed by atoms with van der Waals surface area (Å²) in [6.07, 6.45) is 9.26. The fourth-order valence-electron chi connectivity index (χ4n) is 5.92. The van der Waals surface area contributed by atoms with Crippen molar-refractivity contribution in [1.29, 1.82) is 0 Å². The van der Waals surface area contributed by atoms with E-state index in [4.69, 9.17) is 0 Å². The summed E-state index contributed by atoms with van der Waals surface area (Å²) in [5.41, 5.74) is 1.88. The van der Waals surface area contributed by atoms with Crippen LogP contribution < -0.4 is 0 Å². The molecule has 5 heteroatoms. The Bertz CT molecular complexity index is 769. The standard InChI is InChI=1S/C27H40O5/c1-3-14-27(15-9-16-27)26(31)20-11-8-10-19(17-20)25-21(22(28)18-23(25)29)12-6-4-5-7-13-24(30)32-2/h8,10-11,17,21,23,25-26,29,31H,3-7,9,12-16,18H2,1-2H3/t21-,23+,25+,26?/m0/s1. The first-order valence-corrected chi connectivity index (χ1v) is 12.5. The van der Waals surface area contributed by atoms with Gasteiger partial charge in [-0.2, -0.15) is 0 Å². The van der Waals surface area contributed by atoms with Gasteiger partial charge in [0, 0.05) is 30.1 Å². The molecule has 3 rings (SSSR count). The maximum Gasteiger partial charge on any atom is 0.305 e. The number of rotatable bonds is 12. The smallest absolute Gasteiger partial charge is 0.305 e. The summed E-state index contributed by atoms with van der Waals surface area (Å²) >= 11 is 0. The van der Waals surface area contributed by atoms with E-state index in [1.165, 1.54) is 13.5 Å². The molecule has 1 unspecified atom stereocenters. The summed E-state index contributed by atoms with van der Waals surface area (Å²) in [7, 11) is 1.41. The second kappa shape index (κ2) is 11.4. The van der Waals surface area contributed by atoms with Crippen LogP contribution in [0.15, 0.2) is 24.3 Å². The average Bonchev–Trinajstić information content (AvgIpc) is 3.05. The number of aliphatic hydroxyl groups is 2. The molecule has 5 nitrogen and oxygen atoms in total. The van der Waals surface area contributed by atoms with E-state index in [2.05, 4.69) is 11.7 Å². The normalized spacial score (nSPS) is 25.4. The van der Waals surface area contributed by atoms with Crippen LogP contribution in [-0.4, -0.2) is 35.2 Å². The van der Waals surface area contributed by atoms with Gasteiger partial charge in [0.2, 0.25) is 0 Å². The predicted octanol–water partition coefficient (Wildman–Crippen LogP) is 5.24. The van der Waals surface area contributed by atoms with Crippen molar-refractivity contribution in [3.05, 3.63) is 35.4 Å². The third-order valence-corrected chi connectivity index (χ3v) is 7.83. The number of carbonyl (C=O) groups is 2. The highest BCUT2D eigenvalue weighted by Crippen LogP contribution is 2.53. The van der Waals surface area contributed by atoms with Crippen LogP contribution in [-0.2, 0) is 14.3 Å². The first-order valence-electron chi connectivity index (χ1n) is 12.5. The van der Waals surface area contributed by atoms with E-state index in [0.717, 1.165) is 68.9 Å². The molecule has 2 N–H and O–H groups in total. The number of aliphatic hydroxyl groups excluding tert-OH is 2. The number of methoxy groups -OCH3 is 1. The molecular weight excluding hydrogens is 404 g/mol. The highest BCUT2D eigenvalue weighted by Gasteiger charge is 2.44. The lowest BCUT2D eigenvalue weighted by atomic mass is 9.61. The molecule has 0 aliphatic heterocycles. The van der Waals surface area contributed by atoms with Crippen LogP contribution >= 0.6 is 0 Å². The number of Topliss-reactive ketones (excluding diaryl/α,β-unsaturated/α-hetero) is 1. The molecule has 0 saturated heterocycles. The van der Waals surface area contributed by atoms with Crippen molar-refractivity contribution in [2.45, 2.75) is 102 Å². The lowest BCUT2D eigenvalue weighted by molar-refractivity contribution is -0.140. The molecule has 2 fully saturated rings. The van der Waals surface area contributed by atoms with Crippen molar-refractivity contribution in [3.63, 3.8) is 0 Å². The summed E-state index contributed by atoms with van der Waals surface area (Å²) in [4.78, 5) is 23.9. The lowest BCUT2D eigenvalue weighted by Crippen LogP contribution is -2.36. The van der Waals surface area contributed by atoms with Gasteiger partial charge >= 0.3 is 5.97 Å². The number of hydrogen-bond donors (Lipinski definition) is 2. The van der Waals surface area contributed by atoms with Gasteiger partial charge in [-0.05, 0) is 43.2 Å². The van der Waals surface area contributed by atoms with Crippen molar-refractivity contribution in [3.8, 4) is 0 Å². The second-order valence-electron chi connectivity index (χ2n) is 9.94. The van der Waals surface area contributed by atoms with E-state index in [0.29, 0.717) is 6.42 Å². The van der Waals surface area contributed by atoms with Crippen molar-refractivity contribution in [2.75, 3.05) is 7.11 Å². The molecule has 0 amide bonds. The van der Waals surface area contributed by atoms with Crippen LogP contribution in [0, 0.1) is 11.3 Å². The molecular formula is C27H40O5. The molecule has 1 aromatic rings. The molecule has 2 aliphatic rings. The number of hydrogen-bond acceptors (Lipinski definition) is 5. The van der Waals surface area contributed by atoms with Gasteiger partial charge in [-0.25, -0.2) is 0 Å². The Hall–Kier alpha value is -1.72. The summed E-state index contributed by atoms with van der Waals surface area (Å²) in [6.45, 7) is 2.17. The zero-order valence-electron chi connectivity index (χ0n) is 19.7. The minimum Gasteiger partial charge on any atom is -0.469 e. The highest BCUT2D eigenvalue weighted by molar-refractivity contribution is 5.85. The number of ether oxygens (including phenoxy) is 1. The Morgan fingerprint density at radius 3 is 2.62 bits per heavy atom. The van der Waals surface area contributed by atoms with Gasteiger partial charge in [0.25, 0.3) is 0 Å². The van der Waals surface area contributed by atoms with E-state index in [1.54, 1.807) is 0 Å². The molecule has 2 aliphatic carbocycles.